The molecule has 0 amide bonds. The first-order chi connectivity index (χ1) is 9.26. The summed E-state index contributed by atoms with van der Waals surface area (Å²) in [5, 5.41) is 13.5. The van der Waals surface area contributed by atoms with Crippen molar-refractivity contribution in [3.8, 4) is 11.4 Å². The molecule has 1 aliphatic heterocycles. The fraction of sp³-hybridized carbons (Fsp3) is 0.385. The molecular weight excluding hydrogens is 266 g/mol. The van der Waals surface area contributed by atoms with E-state index in [0.717, 1.165) is 18.7 Å². The van der Waals surface area contributed by atoms with Crippen molar-refractivity contribution in [2.24, 2.45) is 5.92 Å². The van der Waals surface area contributed by atoms with Crippen molar-refractivity contribution >= 4 is 11.6 Å². The average molecular weight is 280 g/mol. The second-order valence-electron chi connectivity index (χ2n) is 4.73. The van der Waals surface area contributed by atoms with Crippen LogP contribution in [0.4, 0.5) is 0 Å². The van der Waals surface area contributed by atoms with Crippen molar-refractivity contribution in [2.45, 2.75) is 6.54 Å². The minimum absolute atomic E-state index is 0.241. The molecule has 0 saturated carbocycles. The molecule has 1 N–H and O–H groups in total. The maximum Gasteiger partial charge on any atom is 0.241 e. The maximum atomic E-state index is 8.96. The van der Waals surface area contributed by atoms with Gasteiger partial charge in [-0.05, 0) is 12.1 Å². The lowest BCUT2D eigenvalue weighted by Gasteiger charge is -2.36. The maximum absolute atomic E-state index is 8.96. The van der Waals surface area contributed by atoms with Crippen molar-refractivity contribution in [2.75, 3.05) is 19.7 Å². The zero-order valence-corrected chi connectivity index (χ0v) is 11.0. The average Bonchev–Trinajstić information content (AvgIpc) is 2.82. The summed E-state index contributed by atoms with van der Waals surface area (Å²) < 4.78 is 5.23. The Kier molecular flexibility index (Phi) is 3.50. The number of halogens is 1. The molecule has 0 unspecified atom stereocenters. The molecule has 2 heterocycles. The van der Waals surface area contributed by atoms with Crippen LogP contribution in [0.2, 0.25) is 5.02 Å². The number of nitrogens with zero attached hydrogens (tertiary/aromatic N) is 3. The van der Waals surface area contributed by atoms with E-state index >= 15 is 0 Å². The number of aromatic nitrogens is 2. The predicted octanol–water partition coefficient (Wildman–Crippen LogP) is 1.81. The number of rotatable bonds is 4. The van der Waals surface area contributed by atoms with Crippen molar-refractivity contribution in [3.05, 3.63) is 35.2 Å². The smallest absolute Gasteiger partial charge is 0.241 e. The number of aliphatic hydroxyl groups is 1. The Bertz CT molecular complexity index is 567. The molecule has 1 aromatic heterocycles. The van der Waals surface area contributed by atoms with Crippen molar-refractivity contribution in [3.63, 3.8) is 0 Å². The normalized spacial score (nSPS) is 16.5. The molecule has 1 fully saturated rings. The monoisotopic (exact) mass is 279 g/mol. The standard InChI is InChI=1S/C13H14ClN3O2/c14-11-4-2-1-3-10(11)13-15-12(19-16-13)7-17-5-9(6-17)8-18/h1-4,9,18H,5-8H2. The lowest BCUT2D eigenvalue weighted by atomic mass is 10.0. The van der Waals surface area contributed by atoms with Crippen LogP contribution < -0.4 is 0 Å². The van der Waals surface area contributed by atoms with Gasteiger partial charge in [0.1, 0.15) is 0 Å². The van der Waals surface area contributed by atoms with Gasteiger partial charge in [0.05, 0.1) is 11.6 Å². The topological polar surface area (TPSA) is 62.4 Å². The fourth-order valence-corrected chi connectivity index (χ4v) is 2.40. The minimum Gasteiger partial charge on any atom is -0.396 e. The molecule has 3 rings (SSSR count). The molecular formula is C13H14ClN3O2. The molecule has 1 aliphatic rings. The molecule has 0 aliphatic carbocycles. The predicted molar refractivity (Wildman–Crippen MR) is 70.6 cm³/mol. The molecule has 0 bridgehead atoms. The molecule has 0 atom stereocenters. The molecule has 19 heavy (non-hydrogen) atoms. The Labute approximate surface area is 115 Å². The van der Waals surface area contributed by atoms with E-state index in [1.165, 1.54) is 0 Å². The largest absolute Gasteiger partial charge is 0.396 e. The summed E-state index contributed by atoms with van der Waals surface area (Å²) in [5.74, 6) is 1.47. The van der Waals surface area contributed by atoms with E-state index in [2.05, 4.69) is 15.0 Å². The highest BCUT2D eigenvalue weighted by molar-refractivity contribution is 6.33. The summed E-state index contributed by atoms with van der Waals surface area (Å²) in [5.41, 5.74) is 0.774. The Balaban J connectivity index is 1.69. The van der Waals surface area contributed by atoms with Gasteiger partial charge in [-0.3, -0.25) is 4.90 Å². The Hall–Kier alpha value is -1.43. The summed E-state index contributed by atoms with van der Waals surface area (Å²) in [6.07, 6.45) is 0. The summed E-state index contributed by atoms with van der Waals surface area (Å²) in [4.78, 5) is 6.51. The second-order valence-corrected chi connectivity index (χ2v) is 5.14. The number of aliphatic hydroxyl groups excluding tert-OH is 1. The van der Waals surface area contributed by atoms with Gasteiger partial charge in [-0.15, -0.1) is 0 Å². The molecule has 0 radical (unpaired) electrons. The lowest BCUT2D eigenvalue weighted by molar-refractivity contribution is 0.0402. The molecule has 2 aromatic rings. The van der Waals surface area contributed by atoms with Crippen LogP contribution in [0.25, 0.3) is 11.4 Å². The van der Waals surface area contributed by atoms with Crippen LogP contribution >= 0.6 is 11.6 Å². The highest BCUT2D eigenvalue weighted by Crippen LogP contribution is 2.25. The van der Waals surface area contributed by atoms with Gasteiger partial charge in [0.15, 0.2) is 0 Å². The highest BCUT2D eigenvalue weighted by Gasteiger charge is 2.27. The van der Waals surface area contributed by atoms with Crippen LogP contribution in [0.15, 0.2) is 28.8 Å². The number of benzene rings is 1. The summed E-state index contributed by atoms with van der Waals surface area (Å²) in [7, 11) is 0. The van der Waals surface area contributed by atoms with Gasteiger partial charge in [-0.25, -0.2) is 0 Å². The minimum atomic E-state index is 0.241. The van der Waals surface area contributed by atoms with Crippen LogP contribution in [0, 0.1) is 5.92 Å². The Morgan fingerprint density at radius 2 is 2.16 bits per heavy atom. The van der Waals surface area contributed by atoms with Gasteiger partial charge >= 0.3 is 0 Å². The molecule has 5 nitrogen and oxygen atoms in total. The lowest BCUT2D eigenvalue weighted by Crippen LogP contribution is -2.47. The summed E-state index contributed by atoms with van der Waals surface area (Å²) in [6, 6.07) is 7.41. The van der Waals surface area contributed by atoms with Crippen molar-refractivity contribution in [1.82, 2.24) is 15.0 Å². The zero-order chi connectivity index (χ0) is 13.2. The summed E-state index contributed by atoms with van der Waals surface area (Å²) >= 11 is 6.09. The van der Waals surface area contributed by atoms with Gasteiger partial charge in [0, 0.05) is 31.2 Å². The first kappa shape index (κ1) is 12.6. The Morgan fingerprint density at radius 3 is 2.89 bits per heavy atom. The molecule has 6 heteroatoms. The zero-order valence-electron chi connectivity index (χ0n) is 10.3. The number of likely N-dealkylation sites (tertiary alicyclic amines) is 1. The SMILES string of the molecule is OCC1CN(Cc2nc(-c3ccccc3Cl)no2)C1. The van der Waals surface area contributed by atoms with Crippen LogP contribution in [0.3, 0.4) is 0 Å². The van der Waals surface area contributed by atoms with E-state index in [4.69, 9.17) is 21.2 Å². The van der Waals surface area contributed by atoms with Crippen LogP contribution in [-0.2, 0) is 6.54 Å². The molecule has 100 valence electrons. The third kappa shape index (κ3) is 2.63. The number of hydrogen-bond donors (Lipinski definition) is 1. The van der Waals surface area contributed by atoms with E-state index in [0.29, 0.717) is 29.2 Å². The van der Waals surface area contributed by atoms with Gasteiger partial charge < -0.3 is 9.63 Å². The second kappa shape index (κ2) is 5.28. The van der Waals surface area contributed by atoms with Gasteiger partial charge in [0.2, 0.25) is 11.7 Å². The van der Waals surface area contributed by atoms with E-state index in [-0.39, 0.29) is 6.61 Å². The van der Waals surface area contributed by atoms with Crippen molar-refractivity contribution in [1.29, 1.82) is 0 Å². The van der Waals surface area contributed by atoms with Gasteiger partial charge in [0.25, 0.3) is 0 Å². The third-order valence-electron chi connectivity index (χ3n) is 3.23. The molecule has 0 spiro atoms. The van der Waals surface area contributed by atoms with Crippen LogP contribution in [0.1, 0.15) is 5.89 Å². The highest BCUT2D eigenvalue weighted by atomic mass is 35.5. The number of hydrogen-bond acceptors (Lipinski definition) is 5. The van der Waals surface area contributed by atoms with Gasteiger partial charge in [-0.2, -0.15) is 4.98 Å². The van der Waals surface area contributed by atoms with E-state index < -0.39 is 0 Å². The Morgan fingerprint density at radius 1 is 1.37 bits per heavy atom. The molecule has 1 saturated heterocycles. The van der Waals surface area contributed by atoms with Crippen molar-refractivity contribution < 1.29 is 9.63 Å². The quantitative estimate of drug-likeness (QED) is 0.925. The third-order valence-corrected chi connectivity index (χ3v) is 3.56. The van der Waals surface area contributed by atoms with E-state index in [1.807, 2.05) is 18.2 Å². The van der Waals surface area contributed by atoms with Crippen LogP contribution in [-0.4, -0.2) is 39.8 Å². The van der Waals surface area contributed by atoms with E-state index in [9.17, 15) is 0 Å². The first-order valence-corrected chi connectivity index (χ1v) is 6.55. The van der Waals surface area contributed by atoms with E-state index in [1.54, 1.807) is 6.07 Å². The first-order valence-electron chi connectivity index (χ1n) is 6.17. The van der Waals surface area contributed by atoms with Gasteiger partial charge in [-0.1, -0.05) is 28.9 Å². The molecule has 1 aromatic carbocycles. The fourth-order valence-electron chi connectivity index (χ4n) is 2.18. The summed E-state index contributed by atoms with van der Waals surface area (Å²) in [6.45, 7) is 2.61. The van der Waals surface area contributed by atoms with Crippen LogP contribution in [0.5, 0.6) is 0 Å².